The summed E-state index contributed by atoms with van der Waals surface area (Å²) >= 11 is 0. The number of amides is 3. The number of carbonyl (C=O) groups excluding carboxylic acids is 3. The number of unbranched alkanes of at least 4 members (excludes halogenated alkanes) is 1. The monoisotopic (exact) mass is 377 g/mol. The molecule has 0 aromatic carbocycles. The molecule has 3 amide bonds. The Hall–Kier alpha value is -2.28. The zero-order valence-electron chi connectivity index (χ0n) is 14.3. The van der Waals surface area contributed by atoms with Gasteiger partial charge in [0.15, 0.2) is 0 Å². The third-order valence-electron chi connectivity index (χ3n) is 3.34. The highest BCUT2D eigenvalue weighted by molar-refractivity contribution is 5.93. The molecule has 0 saturated carbocycles. The largest absolute Gasteiger partial charge is 0.480 e. The van der Waals surface area contributed by atoms with Gasteiger partial charge in [-0.3, -0.25) is 19.2 Å². The zero-order chi connectivity index (χ0) is 20.1. The summed E-state index contributed by atoms with van der Waals surface area (Å²) in [4.78, 5) is 46.4. The molecule has 0 heterocycles. The SMILES string of the molecule is NCCCCC(NC(=O)C(CO)NC(=O)C(N)CO)C(=O)NCC(=O)O. The fourth-order valence-corrected chi connectivity index (χ4v) is 1.88. The fourth-order valence-electron chi connectivity index (χ4n) is 1.88. The molecule has 12 heteroatoms. The van der Waals surface area contributed by atoms with E-state index in [1.807, 2.05) is 0 Å². The van der Waals surface area contributed by atoms with Gasteiger partial charge in [-0.25, -0.2) is 0 Å². The van der Waals surface area contributed by atoms with Gasteiger partial charge in [-0.2, -0.15) is 0 Å². The van der Waals surface area contributed by atoms with Crippen molar-refractivity contribution < 1.29 is 34.5 Å². The minimum Gasteiger partial charge on any atom is -0.480 e. The maximum atomic E-state index is 12.2. The smallest absolute Gasteiger partial charge is 0.322 e. The Balaban J connectivity index is 4.90. The van der Waals surface area contributed by atoms with Crippen LogP contribution in [0.25, 0.3) is 0 Å². The molecule has 0 saturated heterocycles. The van der Waals surface area contributed by atoms with Crippen LogP contribution in [0.2, 0.25) is 0 Å². The number of carbonyl (C=O) groups is 4. The Morgan fingerprint density at radius 1 is 0.885 bits per heavy atom. The van der Waals surface area contributed by atoms with E-state index >= 15 is 0 Å². The van der Waals surface area contributed by atoms with Gasteiger partial charge in [0, 0.05) is 0 Å². The summed E-state index contributed by atoms with van der Waals surface area (Å²) in [5.41, 5.74) is 10.7. The van der Waals surface area contributed by atoms with Gasteiger partial charge in [-0.15, -0.1) is 0 Å². The zero-order valence-corrected chi connectivity index (χ0v) is 14.3. The Kier molecular flexibility index (Phi) is 11.9. The van der Waals surface area contributed by atoms with Crippen LogP contribution < -0.4 is 27.4 Å². The van der Waals surface area contributed by atoms with Gasteiger partial charge < -0.3 is 42.7 Å². The first-order valence-corrected chi connectivity index (χ1v) is 8.04. The van der Waals surface area contributed by atoms with Gasteiger partial charge in [0.1, 0.15) is 24.7 Å². The van der Waals surface area contributed by atoms with Crippen LogP contribution in [0.3, 0.4) is 0 Å². The van der Waals surface area contributed by atoms with Crippen molar-refractivity contribution in [2.24, 2.45) is 11.5 Å². The summed E-state index contributed by atoms with van der Waals surface area (Å²) in [6.45, 7) is -1.65. The number of aliphatic hydroxyl groups excluding tert-OH is 2. The molecule has 150 valence electrons. The van der Waals surface area contributed by atoms with E-state index in [1.165, 1.54) is 0 Å². The topological polar surface area (TPSA) is 217 Å². The number of carboxylic acid groups (broad SMARTS) is 1. The van der Waals surface area contributed by atoms with E-state index in [2.05, 4.69) is 16.0 Å². The van der Waals surface area contributed by atoms with E-state index in [9.17, 15) is 24.3 Å². The molecule has 3 unspecified atom stereocenters. The average molecular weight is 377 g/mol. The summed E-state index contributed by atoms with van der Waals surface area (Å²) in [6, 6.07) is -3.72. The summed E-state index contributed by atoms with van der Waals surface area (Å²) < 4.78 is 0. The molecule has 0 fully saturated rings. The lowest BCUT2D eigenvalue weighted by molar-refractivity contribution is -0.138. The molecule has 0 bridgehead atoms. The number of hydrogen-bond acceptors (Lipinski definition) is 8. The Labute approximate surface area is 150 Å². The highest BCUT2D eigenvalue weighted by Gasteiger charge is 2.27. The third-order valence-corrected chi connectivity index (χ3v) is 3.34. The minimum atomic E-state index is -1.38. The molecule has 26 heavy (non-hydrogen) atoms. The van der Waals surface area contributed by atoms with Gasteiger partial charge in [0.25, 0.3) is 0 Å². The molecule has 10 N–H and O–H groups in total. The number of carboxylic acids is 1. The van der Waals surface area contributed by atoms with Crippen LogP contribution in [0.5, 0.6) is 0 Å². The van der Waals surface area contributed by atoms with Crippen LogP contribution in [-0.4, -0.2) is 83.4 Å². The second kappa shape index (κ2) is 13.0. The minimum absolute atomic E-state index is 0.191. The molecule has 0 spiro atoms. The summed E-state index contributed by atoms with van der Waals surface area (Å²) in [6.07, 6.45) is 1.27. The molecule has 0 aliphatic carbocycles. The molecule has 0 aromatic heterocycles. The van der Waals surface area contributed by atoms with Crippen molar-refractivity contribution in [1.82, 2.24) is 16.0 Å². The fraction of sp³-hybridized carbons (Fsp3) is 0.714. The molecule has 3 atom stereocenters. The van der Waals surface area contributed by atoms with Crippen LogP contribution in [0.4, 0.5) is 0 Å². The lowest BCUT2D eigenvalue weighted by Crippen LogP contribution is -2.57. The predicted octanol–water partition coefficient (Wildman–Crippen LogP) is -4.40. The van der Waals surface area contributed by atoms with Crippen molar-refractivity contribution in [2.75, 3.05) is 26.3 Å². The molecule has 12 nitrogen and oxygen atoms in total. The average Bonchev–Trinajstić information content (AvgIpc) is 2.62. The molecule has 0 aliphatic heterocycles. The maximum Gasteiger partial charge on any atom is 0.322 e. The third kappa shape index (κ3) is 9.27. The summed E-state index contributed by atoms with van der Waals surface area (Å²) in [7, 11) is 0. The van der Waals surface area contributed by atoms with Crippen molar-refractivity contribution in [2.45, 2.75) is 37.4 Å². The first-order valence-electron chi connectivity index (χ1n) is 8.04. The maximum absolute atomic E-state index is 12.2. The quantitative estimate of drug-likeness (QED) is 0.145. The van der Waals surface area contributed by atoms with Crippen LogP contribution in [-0.2, 0) is 19.2 Å². The van der Waals surface area contributed by atoms with E-state index in [0.29, 0.717) is 19.4 Å². The van der Waals surface area contributed by atoms with Crippen molar-refractivity contribution in [1.29, 1.82) is 0 Å². The number of rotatable bonds is 13. The van der Waals surface area contributed by atoms with Crippen LogP contribution in [0.15, 0.2) is 0 Å². The normalized spacial score (nSPS) is 14.0. The van der Waals surface area contributed by atoms with E-state index in [-0.39, 0.29) is 6.42 Å². The van der Waals surface area contributed by atoms with Crippen LogP contribution in [0, 0.1) is 0 Å². The molecular weight excluding hydrogens is 350 g/mol. The van der Waals surface area contributed by atoms with E-state index in [4.69, 9.17) is 21.7 Å². The van der Waals surface area contributed by atoms with Crippen LogP contribution >= 0.6 is 0 Å². The number of aliphatic carboxylic acids is 1. The van der Waals surface area contributed by atoms with E-state index in [0.717, 1.165) is 0 Å². The molecule has 0 aliphatic rings. The molecular formula is C14H27N5O7. The van der Waals surface area contributed by atoms with Crippen LogP contribution in [0.1, 0.15) is 19.3 Å². The Bertz CT molecular complexity index is 488. The second-order valence-electron chi connectivity index (χ2n) is 5.49. The predicted molar refractivity (Wildman–Crippen MR) is 89.6 cm³/mol. The van der Waals surface area contributed by atoms with Crippen molar-refractivity contribution in [3.63, 3.8) is 0 Å². The first-order chi connectivity index (χ1) is 12.3. The number of hydrogen-bond donors (Lipinski definition) is 8. The van der Waals surface area contributed by atoms with E-state index < -0.39 is 61.6 Å². The molecule has 0 rings (SSSR count). The Morgan fingerprint density at radius 3 is 2.00 bits per heavy atom. The highest BCUT2D eigenvalue weighted by Crippen LogP contribution is 2.02. The summed E-state index contributed by atoms with van der Waals surface area (Å²) in [5.74, 6) is -3.66. The molecule has 0 aromatic rings. The van der Waals surface area contributed by atoms with Crippen molar-refractivity contribution in [3.05, 3.63) is 0 Å². The van der Waals surface area contributed by atoms with Gasteiger partial charge in [-0.1, -0.05) is 0 Å². The number of nitrogens with one attached hydrogen (secondary N) is 3. The standard InChI is InChI=1S/C14H27N5O7/c15-4-2-1-3-9(13(25)17-5-11(22)23)18-14(26)10(7-21)19-12(24)8(16)6-20/h8-10,20-21H,1-7,15-16H2,(H,17,25)(H,18,26)(H,19,24)(H,22,23). The highest BCUT2D eigenvalue weighted by atomic mass is 16.4. The molecule has 0 radical (unpaired) electrons. The van der Waals surface area contributed by atoms with E-state index in [1.54, 1.807) is 0 Å². The van der Waals surface area contributed by atoms with Crippen molar-refractivity contribution >= 4 is 23.7 Å². The van der Waals surface area contributed by atoms with Gasteiger partial charge in [0.05, 0.1) is 13.2 Å². The summed E-state index contributed by atoms with van der Waals surface area (Å²) in [5, 5.41) is 33.3. The van der Waals surface area contributed by atoms with Gasteiger partial charge >= 0.3 is 5.97 Å². The van der Waals surface area contributed by atoms with Gasteiger partial charge in [0.2, 0.25) is 17.7 Å². The first kappa shape index (κ1) is 23.7. The van der Waals surface area contributed by atoms with Crippen molar-refractivity contribution in [3.8, 4) is 0 Å². The lowest BCUT2D eigenvalue weighted by Gasteiger charge is -2.22. The Morgan fingerprint density at radius 2 is 1.50 bits per heavy atom. The second-order valence-corrected chi connectivity index (χ2v) is 5.49. The van der Waals surface area contributed by atoms with Gasteiger partial charge in [-0.05, 0) is 25.8 Å². The number of aliphatic hydroxyl groups is 2. The lowest BCUT2D eigenvalue weighted by atomic mass is 10.1. The number of nitrogens with two attached hydrogens (primary N) is 2.